The summed E-state index contributed by atoms with van der Waals surface area (Å²) >= 11 is 5.13. The van der Waals surface area contributed by atoms with E-state index in [1.54, 1.807) is 11.3 Å². The lowest BCUT2D eigenvalue weighted by Crippen LogP contribution is -2.42. The van der Waals surface area contributed by atoms with Gasteiger partial charge in [0.15, 0.2) is 0 Å². The van der Waals surface area contributed by atoms with Crippen LogP contribution < -0.4 is 5.32 Å². The minimum Gasteiger partial charge on any atom is -0.389 e. The molecule has 0 aliphatic carbocycles. The summed E-state index contributed by atoms with van der Waals surface area (Å²) in [6.45, 7) is 7.54. The van der Waals surface area contributed by atoms with Crippen LogP contribution in [-0.2, 0) is 6.54 Å². The predicted octanol–water partition coefficient (Wildman–Crippen LogP) is 3.40. The second-order valence-corrected chi connectivity index (χ2v) is 6.82. The minimum atomic E-state index is -0.623. The Balaban J connectivity index is 2.35. The fraction of sp³-hybridized carbons (Fsp3) is 0.667. The first-order chi connectivity index (χ1) is 7.45. The van der Waals surface area contributed by atoms with Crippen molar-refractivity contribution in [2.24, 2.45) is 5.92 Å². The molecule has 1 aromatic rings. The third kappa shape index (κ3) is 4.17. The molecule has 1 heterocycles. The summed E-state index contributed by atoms with van der Waals surface area (Å²) in [6.07, 6.45) is 0.999. The second kappa shape index (κ2) is 6.15. The Morgan fingerprint density at radius 1 is 1.62 bits per heavy atom. The van der Waals surface area contributed by atoms with Crippen LogP contribution in [0.25, 0.3) is 0 Å². The van der Waals surface area contributed by atoms with Gasteiger partial charge in [0, 0.05) is 13.1 Å². The Morgan fingerprint density at radius 3 is 2.81 bits per heavy atom. The van der Waals surface area contributed by atoms with Crippen molar-refractivity contribution in [1.82, 2.24) is 5.32 Å². The van der Waals surface area contributed by atoms with Crippen LogP contribution in [0.15, 0.2) is 15.2 Å². The molecule has 2 unspecified atom stereocenters. The lowest BCUT2D eigenvalue weighted by molar-refractivity contribution is 0.00535. The Labute approximate surface area is 110 Å². The smallest absolute Gasteiger partial charge is 0.0768 e. The van der Waals surface area contributed by atoms with Crippen LogP contribution in [0.5, 0.6) is 0 Å². The third-order valence-corrected chi connectivity index (χ3v) is 4.66. The van der Waals surface area contributed by atoms with Gasteiger partial charge in [-0.25, -0.2) is 0 Å². The highest BCUT2D eigenvalue weighted by atomic mass is 79.9. The highest BCUT2D eigenvalue weighted by molar-refractivity contribution is 9.11. The molecule has 0 aliphatic heterocycles. The largest absolute Gasteiger partial charge is 0.389 e. The van der Waals surface area contributed by atoms with Crippen molar-refractivity contribution in [3.8, 4) is 0 Å². The van der Waals surface area contributed by atoms with Crippen molar-refractivity contribution in [3.63, 3.8) is 0 Å². The molecular formula is C12H20BrNOS. The molecule has 0 amide bonds. The topological polar surface area (TPSA) is 32.3 Å². The van der Waals surface area contributed by atoms with Gasteiger partial charge in [0.2, 0.25) is 0 Å². The van der Waals surface area contributed by atoms with Gasteiger partial charge < -0.3 is 10.4 Å². The first-order valence-corrected chi connectivity index (χ1v) is 7.29. The summed E-state index contributed by atoms with van der Waals surface area (Å²) in [5, 5.41) is 15.6. The number of nitrogens with one attached hydrogen (secondary N) is 1. The van der Waals surface area contributed by atoms with E-state index < -0.39 is 5.60 Å². The Morgan fingerprint density at radius 2 is 2.31 bits per heavy atom. The fourth-order valence-electron chi connectivity index (χ4n) is 1.51. The van der Waals surface area contributed by atoms with Crippen LogP contribution in [0.2, 0.25) is 0 Å². The van der Waals surface area contributed by atoms with E-state index >= 15 is 0 Å². The van der Waals surface area contributed by atoms with Gasteiger partial charge in [0.25, 0.3) is 0 Å². The van der Waals surface area contributed by atoms with E-state index in [4.69, 9.17) is 0 Å². The summed E-state index contributed by atoms with van der Waals surface area (Å²) in [5.41, 5.74) is 0.638. The van der Waals surface area contributed by atoms with E-state index in [2.05, 4.69) is 46.5 Å². The molecule has 92 valence electrons. The zero-order valence-electron chi connectivity index (χ0n) is 10.1. The number of rotatable bonds is 6. The van der Waals surface area contributed by atoms with Crippen molar-refractivity contribution in [2.45, 2.75) is 39.3 Å². The first-order valence-electron chi connectivity index (χ1n) is 5.61. The van der Waals surface area contributed by atoms with Crippen molar-refractivity contribution in [2.75, 3.05) is 6.54 Å². The summed E-state index contributed by atoms with van der Waals surface area (Å²) < 4.78 is 1.15. The second-order valence-electron chi connectivity index (χ2n) is 4.53. The summed E-state index contributed by atoms with van der Waals surface area (Å²) in [7, 11) is 0. The Kier molecular flexibility index (Phi) is 5.44. The molecule has 0 spiro atoms. The first kappa shape index (κ1) is 14.2. The standard InChI is InChI=1S/C12H20BrNOS/c1-4-9(2)12(3,15)8-14-6-10-5-11(13)16-7-10/h5,7,9,14-15H,4,6,8H2,1-3H3. The molecule has 0 fully saturated rings. The van der Waals surface area contributed by atoms with Crippen molar-refractivity contribution >= 4 is 27.3 Å². The van der Waals surface area contributed by atoms with Gasteiger partial charge in [-0.3, -0.25) is 0 Å². The number of aliphatic hydroxyl groups is 1. The normalized spacial score (nSPS) is 17.1. The molecule has 2 atom stereocenters. The molecular weight excluding hydrogens is 286 g/mol. The van der Waals surface area contributed by atoms with Crippen LogP contribution in [0.4, 0.5) is 0 Å². The van der Waals surface area contributed by atoms with Crippen LogP contribution >= 0.6 is 27.3 Å². The highest BCUT2D eigenvalue weighted by Gasteiger charge is 2.26. The maximum Gasteiger partial charge on any atom is 0.0768 e. The van der Waals surface area contributed by atoms with Crippen molar-refractivity contribution in [1.29, 1.82) is 0 Å². The van der Waals surface area contributed by atoms with Gasteiger partial charge in [-0.15, -0.1) is 11.3 Å². The van der Waals surface area contributed by atoms with Crippen molar-refractivity contribution in [3.05, 3.63) is 20.8 Å². The quantitative estimate of drug-likeness (QED) is 0.844. The molecule has 0 saturated heterocycles. The molecule has 4 heteroatoms. The molecule has 0 radical (unpaired) electrons. The summed E-state index contributed by atoms with van der Waals surface area (Å²) in [6, 6.07) is 2.11. The summed E-state index contributed by atoms with van der Waals surface area (Å²) in [4.78, 5) is 0. The van der Waals surface area contributed by atoms with E-state index in [9.17, 15) is 5.11 Å². The van der Waals surface area contributed by atoms with Gasteiger partial charge >= 0.3 is 0 Å². The predicted molar refractivity (Wildman–Crippen MR) is 73.8 cm³/mol. The molecule has 0 bridgehead atoms. The monoisotopic (exact) mass is 305 g/mol. The minimum absolute atomic E-state index is 0.314. The van der Waals surface area contributed by atoms with Gasteiger partial charge in [0.05, 0.1) is 9.39 Å². The Bertz CT molecular complexity index is 325. The molecule has 0 saturated carbocycles. The highest BCUT2D eigenvalue weighted by Crippen LogP contribution is 2.21. The molecule has 2 nitrogen and oxygen atoms in total. The van der Waals surface area contributed by atoms with Crippen LogP contribution in [0, 0.1) is 5.92 Å². The maximum atomic E-state index is 10.2. The van der Waals surface area contributed by atoms with Gasteiger partial charge in [-0.2, -0.15) is 0 Å². The molecule has 16 heavy (non-hydrogen) atoms. The third-order valence-electron chi connectivity index (χ3n) is 3.11. The van der Waals surface area contributed by atoms with Gasteiger partial charge in [0.1, 0.15) is 0 Å². The molecule has 0 aromatic carbocycles. The lowest BCUT2D eigenvalue weighted by atomic mass is 9.88. The molecule has 1 aromatic heterocycles. The average molecular weight is 306 g/mol. The van der Waals surface area contributed by atoms with Crippen LogP contribution in [0.1, 0.15) is 32.8 Å². The van der Waals surface area contributed by atoms with Gasteiger partial charge in [-0.1, -0.05) is 20.3 Å². The van der Waals surface area contributed by atoms with E-state index in [0.717, 1.165) is 16.8 Å². The zero-order valence-corrected chi connectivity index (χ0v) is 12.5. The van der Waals surface area contributed by atoms with E-state index in [1.807, 2.05) is 6.92 Å². The number of hydrogen-bond acceptors (Lipinski definition) is 3. The number of halogens is 1. The fourth-order valence-corrected chi connectivity index (χ4v) is 2.72. The van der Waals surface area contributed by atoms with E-state index in [1.165, 1.54) is 5.56 Å². The molecule has 0 aliphatic rings. The van der Waals surface area contributed by atoms with Crippen LogP contribution in [-0.4, -0.2) is 17.3 Å². The van der Waals surface area contributed by atoms with Crippen molar-refractivity contribution < 1.29 is 5.11 Å². The number of thiophene rings is 1. The summed E-state index contributed by atoms with van der Waals surface area (Å²) in [5.74, 6) is 0.314. The number of hydrogen-bond donors (Lipinski definition) is 2. The van der Waals surface area contributed by atoms with E-state index in [-0.39, 0.29) is 0 Å². The molecule has 1 rings (SSSR count). The zero-order chi connectivity index (χ0) is 12.2. The van der Waals surface area contributed by atoms with Crippen LogP contribution in [0.3, 0.4) is 0 Å². The maximum absolute atomic E-state index is 10.2. The van der Waals surface area contributed by atoms with E-state index in [0.29, 0.717) is 12.5 Å². The molecule has 2 N–H and O–H groups in total. The SMILES string of the molecule is CCC(C)C(C)(O)CNCc1csc(Br)c1. The van der Waals surface area contributed by atoms with Gasteiger partial charge in [-0.05, 0) is 45.8 Å². The lowest BCUT2D eigenvalue weighted by Gasteiger charge is -2.29. The Hall–Kier alpha value is 0.100. The average Bonchev–Trinajstić information content (AvgIpc) is 2.62.